The van der Waals surface area contributed by atoms with E-state index < -0.39 is 5.97 Å². The fourth-order valence-corrected chi connectivity index (χ4v) is 1.61. The Labute approximate surface area is 75.6 Å². The van der Waals surface area contributed by atoms with Crippen LogP contribution in [0.2, 0.25) is 0 Å². The summed E-state index contributed by atoms with van der Waals surface area (Å²) in [7, 11) is 0. The van der Waals surface area contributed by atoms with E-state index in [4.69, 9.17) is 5.11 Å². The summed E-state index contributed by atoms with van der Waals surface area (Å²) in [5, 5.41) is 8.44. The lowest BCUT2D eigenvalue weighted by Crippen LogP contribution is -1.97. The Morgan fingerprint density at radius 2 is 2.17 bits per heavy atom. The normalized spacial score (nSPS) is 9.75. The highest BCUT2D eigenvalue weighted by Gasteiger charge is 2.00. The van der Waals surface area contributed by atoms with Crippen molar-refractivity contribution in [3.63, 3.8) is 0 Å². The molecule has 0 atom stereocenters. The zero-order chi connectivity index (χ0) is 8.97. The predicted octanol–water partition coefficient (Wildman–Crippen LogP) is 2.17. The van der Waals surface area contributed by atoms with Gasteiger partial charge in [-0.05, 0) is 18.6 Å². The summed E-state index contributed by atoms with van der Waals surface area (Å²) >= 11 is 1.36. The fraction of sp³-hybridized carbons (Fsp3) is 0.222. The molecule has 0 aliphatic heterocycles. The van der Waals surface area contributed by atoms with E-state index >= 15 is 0 Å². The maximum absolute atomic E-state index is 10.3. The Bertz CT molecular complexity index is 284. The van der Waals surface area contributed by atoms with E-state index in [1.807, 2.05) is 31.2 Å². The molecule has 0 saturated carbocycles. The lowest BCUT2D eigenvalue weighted by atomic mass is 10.2. The summed E-state index contributed by atoms with van der Waals surface area (Å²) in [6.45, 7) is 1.98. The number of aryl methyl sites for hydroxylation is 1. The van der Waals surface area contributed by atoms with Crippen molar-refractivity contribution in [1.29, 1.82) is 0 Å². The van der Waals surface area contributed by atoms with Crippen LogP contribution in [0.1, 0.15) is 5.56 Å². The highest BCUT2D eigenvalue weighted by Crippen LogP contribution is 2.20. The molecule has 1 rings (SSSR count). The van der Waals surface area contributed by atoms with Gasteiger partial charge >= 0.3 is 5.97 Å². The van der Waals surface area contributed by atoms with Gasteiger partial charge in [-0.2, -0.15) is 0 Å². The zero-order valence-corrected chi connectivity index (χ0v) is 7.60. The Morgan fingerprint density at radius 1 is 1.50 bits per heavy atom. The van der Waals surface area contributed by atoms with E-state index in [2.05, 4.69) is 0 Å². The molecule has 1 aromatic rings. The maximum atomic E-state index is 10.3. The third kappa shape index (κ3) is 2.58. The second-order valence-corrected chi connectivity index (χ2v) is 3.47. The smallest absolute Gasteiger partial charge is 0.313 e. The Balaban J connectivity index is 2.63. The van der Waals surface area contributed by atoms with Gasteiger partial charge < -0.3 is 5.11 Å². The van der Waals surface area contributed by atoms with Crippen LogP contribution in [0.4, 0.5) is 0 Å². The number of hydrogen-bond acceptors (Lipinski definition) is 2. The highest BCUT2D eigenvalue weighted by molar-refractivity contribution is 8.00. The maximum Gasteiger partial charge on any atom is 0.313 e. The summed E-state index contributed by atoms with van der Waals surface area (Å²) in [4.78, 5) is 11.3. The predicted molar refractivity (Wildman–Crippen MR) is 49.5 cm³/mol. The molecule has 0 fully saturated rings. The monoisotopic (exact) mass is 182 g/mol. The second kappa shape index (κ2) is 4.16. The standard InChI is InChI=1S/C9H10O2S/c1-7-4-2-3-5-8(7)12-6-9(10)11/h2-5H,6H2,1H3,(H,10,11). The topological polar surface area (TPSA) is 37.3 Å². The van der Waals surface area contributed by atoms with Gasteiger partial charge in [-0.3, -0.25) is 4.79 Å². The lowest BCUT2D eigenvalue weighted by Gasteiger charge is -2.01. The van der Waals surface area contributed by atoms with E-state index in [0.29, 0.717) is 0 Å². The lowest BCUT2D eigenvalue weighted by molar-refractivity contribution is -0.133. The first-order valence-corrected chi connectivity index (χ1v) is 4.59. The number of hydrogen-bond donors (Lipinski definition) is 1. The second-order valence-electron chi connectivity index (χ2n) is 2.45. The molecular weight excluding hydrogens is 172 g/mol. The van der Waals surface area contributed by atoms with Crippen molar-refractivity contribution in [1.82, 2.24) is 0 Å². The van der Waals surface area contributed by atoms with E-state index in [0.717, 1.165) is 10.5 Å². The molecule has 0 amide bonds. The summed E-state index contributed by atoms with van der Waals surface area (Å²) in [5.74, 6) is -0.645. The summed E-state index contributed by atoms with van der Waals surface area (Å²) in [6.07, 6.45) is 0. The number of carbonyl (C=O) groups is 1. The molecule has 2 nitrogen and oxygen atoms in total. The minimum atomic E-state index is -0.775. The Morgan fingerprint density at radius 3 is 2.75 bits per heavy atom. The number of aliphatic carboxylic acids is 1. The molecule has 0 saturated heterocycles. The minimum Gasteiger partial charge on any atom is -0.481 e. The van der Waals surface area contributed by atoms with E-state index in [-0.39, 0.29) is 5.75 Å². The van der Waals surface area contributed by atoms with Gasteiger partial charge in [0.05, 0.1) is 5.75 Å². The molecule has 12 heavy (non-hydrogen) atoms. The van der Waals surface area contributed by atoms with Gasteiger partial charge in [0.2, 0.25) is 0 Å². The first-order valence-electron chi connectivity index (χ1n) is 3.60. The Hall–Kier alpha value is -0.960. The van der Waals surface area contributed by atoms with Gasteiger partial charge in [0.1, 0.15) is 0 Å². The average molecular weight is 182 g/mol. The van der Waals surface area contributed by atoms with Crippen LogP contribution >= 0.6 is 11.8 Å². The van der Waals surface area contributed by atoms with Crippen LogP contribution in [0.5, 0.6) is 0 Å². The SMILES string of the molecule is Cc1ccccc1SCC(=O)O. The van der Waals surface area contributed by atoms with Gasteiger partial charge in [-0.15, -0.1) is 11.8 Å². The Kier molecular flexibility index (Phi) is 3.17. The molecule has 1 N–H and O–H groups in total. The molecule has 0 radical (unpaired) electrons. The van der Waals surface area contributed by atoms with Crippen molar-refractivity contribution >= 4 is 17.7 Å². The molecule has 0 spiro atoms. The van der Waals surface area contributed by atoms with Crippen LogP contribution in [-0.2, 0) is 4.79 Å². The zero-order valence-electron chi connectivity index (χ0n) is 6.78. The number of rotatable bonds is 3. The molecule has 0 unspecified atom stereocenters. The van der Waals surface area contributed by atoms with Gasteiger partial charge in [0.25, 0.3) is 0 Å². The van der Waals surface area contributed by atoms with Crippen LogP contribution in [0.3, 0.4) is 0 Å². The van der Waals surface area contributed by atoms with Crippen molar-refractivity contribution in [2.45, 2.75) is 11.8 Å². The number of benzene rings is 1. The number of carboxylic acids is 1. The largest absolute Gasteiger partial charge is 0.481 e. The molecule has 64 valence electrons. The third-order valence-electron chi connectivity index (χ3n) is 1.44. The van der Waals surface area contributed by atoms with Gasteiger partial charge in [0, 0.05) is 4.90 Å². The molecule has 1 aromatic carbocycles. The average Bonchev–Trinajstić information content (AvgIpc) is 2.03. The third-order valence-corrected chi connectivity index (χ3v) is 2.61. The molecule has 0 bridgehead atoms. The highest BCUT2D eigenvalue weighted by atomic mass is 32.2. The van der Waals surface area contributed by atoms with Crippen LogP contribution in [-0.4, -0.2) is 16.8 Å². The van der Waals surface area contributed by atoms with Gasteiger partial charge in [-0.1, -0.05) is 18.2 Å². The van der Waals surface area contributed by atoms with E-state index in [9.17, 15) is 4.79 Å². The quantitative estimate of drug-likeness (QED) is 0.728. The van der Waals surface area contributed by atoms with Crippen molar-refractivity contribution < 1.29 is 9.90 Å². The van der Waals surface area contributed by atoms with Gasteiger partial charge in [-0.25, -0.2) is 0 Å². The van der Waals surface area contributed by atoms with Crippen molar-refractivity contribution in [3.05, 3.63) is 29.8 Å². The molecule has 3 heteroatoms. The first kappa shape index (κ1) is 9.13. The fourth-order valence-electron chi connectivity index (χ4n) is 0.858. The molecule has 0 heterocycles. The first-order chi connectivity index (χ1) is 5.70. The molecule has 0 aliphatic rings. The van der Waals surface area contributed by atoms with Crippen LogP contribution < -0.4 is 0 Å². The number of carboxylic acid groups (broad SMARTS) is 1. The van der Waals surface area contributed by atoms with Crippen molar-refractivity contribution in [2.75, 3.05) is 5.75 Å². The van der Waals surface area contributed by atoms with Crippen LogP contribution in [0, 0.1) is 6.92 Å². The summed E-state index contributed by atoms with van der Waals surface area (Å²) in [5.41, 5.74) is 1.13. The molecule has 0 aliphatic carbocycles. The van der Waals surface area contributed by atoms with E-state index in [1.54, 1.807) is 0 Å². The summed E-state index contributed by atoms with van der Waals surface area (Å²) in [6, 6.07) is 7.77. The van der Waals surface area contributed by atoms with Crippen molar-refractivity contribution in [3.8, 4) is 0 Å². The van der Waals surface area contributed by atoms with Crippen molar-refractivity contribution in [2.24, 2.45) is 0 Å². The van der Waals surface area contributed by atoms with Crippen LogP contribution in [0.25, 0.3) is 0 Å². The number of thioether (sulfide) groups is 1. The molecule has 0 aromatic heterocycles. The van der Waals surface area contributed by atoms with Crippen LogP contribution in [0.15, 0.2) is 29.2 Å². The van der Waals surface area contributed by atoms with E-state index in [1.165, 1.54) is 11.8 Å². The molecular formula is C9H10O2S. The van der Waals surface area contributed by atoms with Gasteiger partial charge in [0.15, 0.2) is 0 Å². The summed E-state index contributed by atoms with van der Waals surface area (Å²) < 4.78 is 0. The minimum absolute atomic E-state index is 0.130.